The lowest BCUT2D eigenvalue weighted by Gasteiger charge is -2.16. The minimum Gasteiger partial charge on any atom is -0.497 e. The van der Waals surface area contributed by atoms with Crippen LogP contribution in [0.5, 0.6) is 5.75 Å². The van der Waals surface area contributed by atoms with Crippen molar-refractivity contribution in [1.82, 2.24) is 0 Å². The van der Waals surface area contributed by atoms with E-state index >= 15 is 0 Å². The van der Waals surface area contributed by atoms with Crippen molar-refractivity contribution in [3.05, 3.63) is 36.0 Å². The van der Waals surface area contributed by atoms with E-state index in [1.807, 2.05) is 30.3 Å². The molecule has 0 amide bonds. The summed E-state index contributed by atoms with van der Waals surface area (Å²) in [6.07, 6.45) is 4.70. The molecule has 2 N–H and O–H groups in total. The molecular weight excluding hydrogens is 256 g/mol. The molecule has 1 aromatic rings. The van der Waals surface area contributed by atoms with Gasteiger partial charge in [-0.15, -0.1) is 0 Å². The molecule has 0 atom stereocenters. The number of ether oxygens (including phenoxy) is 1. The van der Waals surface area contributed by atoms with Crippen molar-refractivity contribution in [3.8, 4) is 5.75 Å². The molecule has 0 radical (unpaired) electrons. The third kappa shape index (κ3) is 4.12. The number of nitrogens with one attached hydrogen (secondary N) is 1. The van der Waals surface area contributed by atoms with Gasteiger partial charge in [-0.3, -0.25) is 9.79 Å². The molecule has 5 heteroatoms. The van der Waals surface area contributed by atoms with Gasteiger partial charge in [0.1, 0.15) is 12.3 Å². The highest BCUT2D eigenvalue weighted by Crippen LogP contribution is 2.21. The maximum absolute atomic E-state index is 10.5. The number of nitrogens with zero attached hydrogens (tertiary/aromatic N) is 1. The summed E-state index contributed by atoms with van der Waals surface area (Å²) in [7, 11) is 1.64. The van der Waals surface area contributed by atoms with Crippen LogP contribution in [-0.2, 0) is 4.79 Å². The first-order chi connectivity index (χ1) is 9.67. The van der Waals surface area contributed by atoms with Crippen LogP contribution in [0, 0.1) is 0 Å². The molecule has 0 saturated carbocycles. The van der Waals surface area contributed by atoms with Crippen molar-refractivity contribution in [2.75, 3.05) is 19.0 Å². The Bertz CT molecular complexity index is 533. The number of carboxylic acids is 1. The van der Waals surface area contributed by atoms with Crippen LogP contribution in [0.1, 0.15) is 19.3 Å². The number of carboxylic acid groups (broad SMARTS) is 1. The number of aliphatic carboxylic acids is 1. The Kier molecular flexibility index (Phi) is 4.76. The molecule has 20 heavy (non-hydrogen) atoms. The van der Waals surface area contributed by atoms with Crippen molar-refractivity contribution in [2.24, 2.45) is 4.99 Å². The van der Waals surface area contributed by atoms with Crippen molar-refractivity contribution in [3.63, 3.8) is 0 Å². The zero-order valence-corrected chi connectivity index (χ0v) is 11.4. The average Bonchev–Trinajstić information content (AvgIpc) is 2.46. The number of aliphatic imine (C=N–C) groups is 1. The minimum atomic E-state index is -0.902. The molecule has 1 aliphatic carbocycles. The van der Waals surface area contributed by atoms with E-state index in [1.54, 1.807) is 7.11 Å². The average molecular weight is 274 g/mol. The Balaban J connectivity index is 2.03. The number of methoxy groups -OCH3 is 1. The minimum absolute atomic E-state index is 0.165. The lowest BCUT2D eigenvalue weighted by atomic mass is 10.0. The van der Waals surface area contributed by atoms with Gasteiger partial charge < -0.3 is 15.2 Å². The molecule has 0 fully saturated rings. The lowest BCUT2D eigenvalue weighted by Crippen LogP contribution is -2.11. The van der Waals surface area contributed by atoms with Gasteiger partial charge in [-0.2, -0.15) is 0 Å². The second-order valence-electron chi connectivity index (χ2n) is 4.58. The molecular formula is C15H18N2O3. The van der Waals surface area contributed by atoms with E-state index < -0.39 is 5.97 Å². The molecule has 1 aliphatic rings. The SMILES string of the molecule is COc1ccc(NC2=C/C(=N/CC(=O)O)CCC2)cc1. The molecule has 0 unspecified atom stereocenters. The first-order valence-corrected chi connectivity index (χ1v) is 6.54. The summed E-state index contributed by atoms with van der Waals surface area (Å²) in [4.78, 5) is 14.6. The Morgan fingerprint density at radius 1 is 1.35 bits per heavy atom. The van der Waals surface area contributed by atoms with Gasteiger partial charge in [0.05, 0.1) is 7.11 Å². The van der Waals surface area contributed by atoms with Gasteiger partial charge in [0, 0.05) is 17.1 Å². The monoisotopic (exact) mass is 274 g/mol. The van der Waals surface area contributed by atoms with Crippen molar-refractivity contribution in [2.45, 2.75) is 19.3 Å². The van der Waals surface area contributed by atoms with Crippen molar-refractivity contribution >= 4 is 17.4 Å². The molecule has 106 valence electrons. The maximum atomic E-state index is 10.5. The predicted octanol–water partition coefficient (Wildman–Crippen LogP) is 2.70. The maximum Gasteiger partial charge on any atom is 0.325 e. The Labute approximate surface area is 118 Å². The molecule has 5 nitrogen and oxygen atoms in total. The highest BCUT2D eigenvalue weighted by atomic mass is 16.5. The first-order valence-electron chi connectivity index (χ1n) is 6.54. The number of hydrogen-bond donors (Lipinski definition) is 2. The Morgan fingerprint density at radius 3 is 2.75 bits per heavy atom. The third-order valence-corrected chi connectivity index (χ3v) is 3.03. The van der Waals surface area contributed by atoms with E-state index in [2.05, 4.69) is 10.3 Å². The molecule has 0 aliphatic heterocycles. The van der Waals surface area contributed by atoms with E-state index in [4.69, 9.17) is 9.84 Å². The zero-order chi connectivity index (χ0) is 14.4. The lowest BCUT2D eigenvalue weighted by molar-refractivity contribution is -0.135. The van der Waals surface area contributed by atoms with Gasteiger partial charge in [0.25, 0.3) is 0 Å². The highest BCUT2D eigenvalue weighted by Gasteiger charge is 2.09. The summed E-state index contributed by atoms with van der Waals surface area (Å²) in [5, 5.41) is 12.0. The smallest absolute Gasteiger partial charge is 0.325 e. The Morgan fingerprint density at radius 2 is 2.10 bits per heavy atom. The predicted molar refractivity (Wildman–Crippen MR) is 78.5 cm³/mol. The number of rotatable bonds is 5. The van der Waals surface area contributed by atoms with Gasteiger partial charge >= 0.3 is 5.97 Å². The second-order valence-corrected chi connectivity index (χ2v) is 4.58. The molecule has 0 bridgehead atoms. The second kappa shape index (κ2) is 6.75. The first kappa shape index (κ1) is 14.1. The highest BCUT2D eigenvalue weighted by molar-refractivity contribution is 5.97. The van der Waals surface area contributed by atoms with Crippen LogP contribution in [0.2, 0.25) is 0 Å². The zero-order valence-electron chi connectivity index (χ0n) is 11.4. The number of allylic oxidation sites excluding steroid dienone is 2. The summed E-state index contributed by atoms with van der Waals surface area (Å²) < 4.78 is 5.11. The van der Waals surface area contributed by atoms with Crippen LogP contribution in [0.15, 0.2) is 41.0 Å². The molecule has 1 aromatic carbocycles. The van der Waals surface area contributed by atoms with E-state index in [0.717, 1.165) is 42.1 Å². The van der Waals surface area contributed by atoms with Gasteiger partial charge in [0.2, 0.25) is 0 Å². The molecule has 0 heterocycles. The van der Waals surface area contributed by atoms with Gasteiger partial charge in [-0.25, -0.2) is 0 Å². The molecule has 0 aromatic heterocycles. The van der Waals surface area contributed by atoms with Crippen LogP contribution < -0.4 is 10.1 Å². The summed E-state index contributed by atoms with van der Waals surface area (Å²) in [6, 6.07) is 7.68. The Hall–Kier alpha value is -2.30. The third-order valence-electron chi connectivity index (χ3n) is 3.03. The van der Waals surface area contributed by atoms with Crippen molar-refractivity contribution in [1.29, 1.82) is 0 Å². The molecule has 2 rings (SSSR count). The van der Waals surface area contributed by atoms with Crippen molar-refractivity contribution < 1.29 is 14.6 Å². The summed E-state index contributed by atoms with van der Waals surface area (Å²) in [6.45, 7) is -0.165. The van der Waals surface area contributed by atoms with E-state index in [0.29, 0.717) is 0 Å². The van der Waals surface area contributed by atoms with Gasteiger partial charge in [0.15, 0.2) is 0 Å². The quantitative estimate of drug-likeness (QED) is 0.866. The summed E-state index contributed by atoms with van der Waals surface area (Å²) >= 11 is 0. The number of hydrogen-bond acceptors (Lipinski definition) is 4. The van der Waals surface area contributed by atoms with E-state index in [-0.39, 0.29) is 6.54 Å². The fraction of sp³-hybridized carbons (Fsp3) is 0.333. The van der Waals surface area contributed by atoms with Gasteiger partial charge in [-0.1, -0.05) is 0 Å². The molecule has 0 saturated heterocycles. The van der Waals surface area contributed by atoms with Crippen LogP contribution in [0.4, 0.5) is 5.69 Å². The fourth-order valence-corrected chi connectivity index (χ4v) is 2.06. The van der Waals surface area contributed by atoms with Crippen LogP contribution in [0.25, 0.3) is 0 Å². The van der Waals surface area contributed by atoms with Crippen LogP contribution >= 0.6 is 0 Å². The molecule has 0 spiro atoms. The topological polar surface area (TPSA) is 70.9 Å². The number of benzene rings is 1. The number of carbonyl (C=O) groups is 1. The van der Waals surface area contributed by atoms with Crippen LogP contribution in [0.3, 0.4) is 0 Å². The summed E-state index contributed by atoms with van der Waals surface area (Å²) in [5.74, 6) is -0.0852. The standard InChI is InChI=1S/C15H18N2O3/c1-20-14-7-5-11(6-8-14)17-13-4-2-3-12(9-13)16-10-15(18)19/h5-9,17H,2-4,10H2,1H3,(H,18,19)/b16-12+. The normalized spacial score (nSPS) is 16.6. The van der Waals surface area contributed by atoms with E-state index in [1.165, 1.54) is 0 Å². The van der Waals surface area contributed by atoms with E-state index in [9.17, 15) is 4.79 Å². The van der Waals surface area contributed by atoms with Crippen LogP contribution in [-0.4, -0.2) is 30.4 Å². The largest absolute Gasteiger partial charge is 0.497 e. The van der Waals surface area contributed by atoms with Gasteiger partial charge in [-0.05, 0) is 49.6 Å². The number of anilines is 1. The fourth-order valence-electron chi connectivity index (χ4n) is 2.06. The summed E-state index contributed by atoms with van der Waals surface area (Å²) in [5.41, 5.74) is 2.89.